The second-order valence-corrected chi connectivity index (χ2v) is 4.12. The molecule has 0 saturated carbocycles. The smallest absolute Gasteiger partial charge is 0.311 e. The largest absolute Gasteiger partial charge is 0.413 e. The Morgan fingerprint density at radius 2 is 2.50 bits per heavy atom. The van der Waals surface area contributed by atoms with E-state index in [4.69, 9.17) is 10.5 Å². The molecule has 1 rings (SSSR count). The molecule has 1 heterocycles. The number of hydrogen-bond donors (Lipinski definition) is 1. The van der Waals surface area contributed by atoms with Crippen LogP contribution in [0, 0.1) is 3.57 Å². The lowest BCUT2D eigenvalue weighted by Gasteiger charge is -1.99. The first-order valence-electron chi connectivity index (χ1n) is 3.38. The molecule has 0 aliphatic heterocycles. The van der Waals surface area contributed by atoms with Gasteiger partial charge in [-0.1, -0.05) is 6.92 Å². The molecule has 0 saturated heterocycles. The minimum Gasteiger partial charge on any atom is -0.413 e. The number of carbonyl (C=O) groups excluding carboxylic acids is 1. The van der Waals surface area contributed by atoms with E-state index in [9.17, 15) is 4.79 Å². The highest BCUT2D eigenvalue weighted by molar-refractivity contribution is 14.1. The van der Waals surface area contributed by atoms with Gasteiger partial charge in [-0.15, -0.1) is 11.3 Å². The number of ether oxygens (including phenoxy) is 1. The minimum atomic E-state index is -0.250. The molecule has 0 amide bonds. The van der Waals surface area contributed by atoms with Crippen molar-refractivity contribution in [1.29, 1.82) is 0 Å². The number of thiophene rings is 1. The van der Waals surface area contributed by atoms with Gasteiger partial charge in [0.1, 0.15) is 5.69 Å². The van der Waals surface area contributed by atoms with E-state index in [0.29, 0.717) is 17.2 Å². The first kappa shape index (κ1) is 9.79. The van der Waals surface area contributed by atoms with E-state index < -0.39 is 0 Å². The van der Waals surface area contributed by atoms with E-state index in [-0.39, 0.29) is 5.97 Å². The zero-order valence-electron chi connectivity index (χ0n) is 6.46. The Labute approximate surface area is 88.0 Å². The molecule has 0 fully saturated rings. The van der Waals surface area contributed by atoms with Crippen LogP contribution in [0.1, 0.15) is 13.3 Å². The van der Waals surface area contributed by atoms with Gasteiger partial charge in [-0.3, -0.25) is 4.79 Å². The number of nitrogen functional groups attached to an aromatic ring is 1. The van der Waals surface area contributed by atoms with Crippen molar-refractivity contribution in [1.82, 2.24) is 0 Å². The third-order valence-electron chi connectivity index (χ3n) is 1.24. The van der Waals surface area contributed by atoms with E-state index in [1.54, 1.807) is 6.92 Å². The number of nitrogens with two attached hydrogens (primary N) is 1. The maximum atomic E-state index is 10.9. The summed E-state index contributed by atoms with van der Waals surface area (Å²) in [6, 6.07) is 0. The summed E-state index contributed by atoms with van der Waals surface area (Å²) < 4.78 is 5.89. The molecule has 0 aliphatic rings. The monoisotopic (exact) mass is 297 g/mol. The van der Waals surface area contributed by atoms with Gasteiger partial charge in [0.2, 0.25) is 5.06 Å². The summed E-state index contributed by atoms with van der Waals surface area (Å²) in [5.74, 6) is -0.250. The molecule has 0 bridgehead atoms. The van der Waals surface area contributed by atoms with Crippen molar-refractivity contribution in [2.75, 3.05) is 5.73 Å². The van der Waals surface area contributed by atoms with Gasteiger partial charge >= 0.3 is 5.97 Å². The van der Waals surface area contributed by atoms with Crippen molar-refractivity contribution >= 4 is 45.6 Å². The predicted octanol–water partition coefficient (Wildman–Crippen LogP) is 2.25. The third-order valence-corrected chi connectivity index (χ3v) is 3.43. The van der Waals surface area contributed by atoms with Gasteiger partial charge in [-0.2, -0.15) is 0 Å². The molecule has 1 aromatic heterocycles. The third kappa shape index (κ3) is 2.10. The fourth-order valence-electron chi connectivity index (χ4n) is 0.584. The van der Waals surface area contributed by atoms with E-state index in [1.165, 1.54) is 11.3 Å². The molecule has 0 atom stereocenters. The number of rotatable bonds is 2. The molecule has 0 spiro atoms. The quantitative estimate of drug-likeness (QED) is 0.673. The van der Waals surface area contributed by atoms with Crippen LogP contribution in [0.4, 0.5) is 5.69 Å². The molecule has 0 radical (unpaired) electrons. The SMILES string of the molecule is CCC(=O)Oc1scc(I)c1N. The number of hydrogen-bond acceptors (Lipinski definition) is 4. The first-order chi connectivity index (χ1) is 5.65. The minimum absolute atomic E-state index is 0.250. The van der Waals surface area contributed by atoms with Crippen molar-refractivity contribution in [2.24, 2.45) is 0 Å². The van der Waals surface area contributed by atoms with E-state index in [1.807, 2.05) is 5.38 Å². The highest BCUT2D eigenvalue weighted by Crippen LogP contribution is 2.34. The van der Waals surface area contributed by atoms with Crippen LogP contribution in [0.2, 0.25) is 0 Å². The lowest BCUT2D eigenvalue weighted by Crippen LogP contribution is -2.05. The van der Waals surface area contributed by atoms with Crippen LogP contribution in [0.3, 0.4) is 0 Å². The Hall–Kier alpha value is -0.300. The number of halogens is 1. The summed E-state index contributed by atoms with van der Waals surface area (Å²) in [6.45, 7) is 1.75. The van der Waals surface area contributed by atoms with Crippen LogP contribution in [0.25, 0.3) is 0 Å². The van der Waals surface area contributed by atoms with Crippen molar-refractivity contribution in [3.8, 4) is 5.06 Å². The first-order valence-corrected chi connectivity index (χ1v) is 5.34. The van der Waals surface area contributed by atoms with Crippen LogP contribution in [-0.4, -0.2) is 5.97 Å². The zero-order chi connectivity index (χ0) is 9.14. The average molecular weight is 297 g/mol. The van der Waals surface area contributed by atoms with Crippen LogP contribution >= 0.6 is 33.9 Å². The summed E-state index contributed by atoms with van der Waals surface area (Å²) in [5.41, 5.74) is 6.19. The second kappa shape index (κ2) is 4.08. The van der Waals surface area contributed by atoms with Crippen LogP contribution in [0.5, 0.6) is 5.06 Å². The Kier molecular flexibility index (Phi) is 3.33. The Balaban J connectivity index is 2.76. The topological polar surface area (TPSA) is 52.3 Å². The molecule has 3 nitrogen and oxygen atoms in total. The highest BCUT2D eigenvalue weighted by atomic mass is 127. The van der Waals surface area contributed by atoms with Gasteiger partial charge in [0, 0.05) is 11.8 Å². The van der Waals surface area contributed by atoms with Crippen molar-refractivity contribution in [2.45, 2.75) is 13.3 Å². The average Bonchev–Trinajstić information content (AvgIpc) is 2.36. The Morgan fingerprint density at radius 3 is 2.92 bits per heavy atom. The number of carbonyl (C=O) groups is 1. The van der Waals surface area contributed by atoms with Crippen molar-refractivity contribution in [3.05, 3.63) is 8.95 Å². The molecule has 2 N–H and O–H groups in total. The maximum absolute atomic E-state index is 10.9. The van der Waals surface area contributed by atoms with Crippen molar-refractivity contribution in [3.63, 3.8) is 0 Å². The molecule has 5 heteroatoms. The summed E-state index contributed by atoms with van der Waals surface area (Å²) in [6.07, 6.45) is 0.369. The van der Waals surface area contributed by atoms with Gasteiger partial charge in [0.05, 0.1) is 3.57 Å². The summed E-state index contributed by atoms with van der Waals surface area (Å²) >= 11 is 3.44. The van der Waals surface area contributed by atoms with Gasteiger partial charge in [-0.25, -0.2) is 0 Å². The Bertz CT molecular complexity index is 298. The molecule has 12 heavy (non-hydrogen) atoms. The summed E-state index contributed by atoms with van der Waals surface area (Å²) in [7, 11) is 0. The molecular formula is C7H8INO2S. The molecule has 1 aromatic rings. The van der Waals surface area contributed by atoms with Crippen LogP contribution in [0.15, 0.2) is 5.38 Å². The van der Waals surface area contributed by atoms with Gasteiger partial charge in [-0.05, 0) is 22.6 Å². The molecular weight excluding hydrogens is 289 g/mol. The molecule has 0 aromatic carbocycles. The van der Waals surface area contributed by atoms with E-state index in [0.717, 1.165) is 3.57 Å². The molecule has 66 valence electrons. The standard InChI is InChI=1S/C7H8INO2S/c1-2-5(10)11-7-6(9)4(8)3-12-7/h3H,2,9H2,1H3. The van der Waals surface area contributed by atoms with Gasteiger partial charge in [0.15, 0.2) is 0 Å². The number of anilines is 1. The maximum Gasteiger partial charge on any atom is 0.311 e. The summed E-state index contributed by atoms with van der Waals surface area (Å²) in [4.78, 5) is 10.9. The zero-order valence-corrected chi connectivity index (χ0v) is 9.44. The summed E-state index contributed by atoms with van der Waals surface area (Å²) in [5, 5.41) is 2.36. The van der Waals surface area contributed by atoms with E-state index in [2.05, 4.69) is 22.6 Å². The normalized spacial score (nSPS) is 9.83. The Morgan fingerprint density at radius 1 is 1.83 bits per heavy atom. The van der Waals surface area contributed by atoms with Crippen LogP contribution in [-0.2, 0) is 4.79 Å². The predicted molar refractivity (Wildman–Crippen MR) is 57.4 cm³/mol. The lowest BCUT2D eigenvalue weighted by atomic mass is 10.5. The molecule has 0 unspecified atom stereocenters. The van der Waals surface area contributed by atoms with Crippen LogP contribution < -0.4 is 10.5 Å². The van der Waals surface area contributed by atoms with Gasteiger partial charge < -0.3 is 10.5 Å². The highest BCUT2D eigenvalue weighted by Gasteiger charge is 2.10. The fraction of sp³-hybridized carbons (Fsp3) is 0.286. The lowest BCUT2D eigenvalue weighted by molar-refractivity contribution is -0.133. The number of esters is 1. The molecule has 0 aliphatic carbocycles. The van der Waals surface area contributed by atoms with Gasteiger partial charge in [0.25, 0.3) is 0 Å². The van der Waals surface area contributed by atoms with Crippen molar-refractivity contribution < 1.29 is 9.53 Å². The second-order valence-electron chi connectivity index (χ2n) is 2.11. The van der Waals surface area contributed by atoms with E-state index >= 15 is 0 Å². The fourth-order valence-corrected chi connectivity index (χ4v) is 2.11.